The molecular weight excluding hydrogens is 875 g/mol. The summed E-state index contributed by atoms with van der Waals surface area (Å²) < 4.78 is 15.5. The lowest BCUT2D eigenvalue weighted by Crippen LogP contribution is -2.78. The summed E-state index contributed by atoms with van der Waals surface area (Å²) in [5.41, 5.74) is 26.9. The molecule has 0 bridgehead atoms. The highest BCUT2D eigenvalue weighted by atomic mass is 16.5. The SMILES string of the molecule is Cc1cc(C)c2c(c1)-c1n(-c3cc(-c4ccccc4)c(C)cc3-c3ccc(C(C)(C)C)cc3)c3cccc4c3[n+]1C1(O2)c2c-4cc(-c3ccccc3)cc2-c2cc(-c3ccc(-c4ccccc4)cc3)cc[n+]21. The molecular formula is C68H53N3O+2. The molecule has 0 amide bonds. The molecule has 0 saturated heterocycles. The van der Waals surface area contributed by atoms with Crippen LogP contribution in [-0.2, 0) is 11.3 Å². The van der Waals surface area contributed by atoms with Crippen molar-refractivity contribution in [2.75, 3.05) is 0 Å². The van der Waals surface area contributed by atoms with E-state index in [0.29, 0.717) is 0 Å². The summed E-state index contributed by atoms with van der Waals surface area (Å²) >= 11 is 0. The van der Waals surface area contributed by atoms with Crippen molar-refractivity contribution >= 4 is 11.0 Å². The first-order chi connectivity index (χ1) is 35.0. The predicted molar refractivity (Wildman–Crippen MR) is 293 cm³/mol. The third-order valence-corrected chi connectivity index (χ3v) is 15.6. The van der Waals surface area contributed by atoms with Gasteiger partial charge in [-0.1, -0.05) is 172 Å². The Hall–Kier alpha value is -8.60. The van der Waals surface area contributed by atoms with Crippen LogP contribution in [-0.4, -0.2) is 4.57 Å². The van der Waals surface area contributed by atoms with Gasteiger partial charge in [-0.05, 0) is 141 Å². The summed E-state index contributed by atoms with van der Waals surface area (Å²) in [5, 5.41) is 0. The van der Waals surface area contributed by atoms with E-state index in [9.17, 15) is 0 Å². The van der Waals surface area contributed by atoms with Crippen molar-refractivity contribution < 1.29 is 13.9 Å². The van der Waals surface area contributed by atoms with Crippen LogP contribution < -0.4 is 13.9 Å². The first-order valence-electron chi connectivity index (χ1n) is 25.2. The number of benzene rings is 9. The number of hydrogen-bond donors (Lipinski definition) is 0. The second-order valence-corrected chi connectivity index (χ2v) is 21.1. The van der Waals surface area contributed by atoms with Gasteiger partial charge in [-0.2, -0.15) is 4.57 Å². The topological polar surface area (TPSA) is 21.9 Å². The fraction of sp³-hybridized carbons (Fsp3) is 0.118. The van der Waals surface area contributed by atoms with E-state index in [4.69, 9.17) is 4.74 Å². The van der Waals surface area contributed by atoms with Crippen LogP contribution in [0.15, 0.2) is 212 Å². The molecule has 72 heavy (non-hydrogen) atoms. The minimum Gasteiger partial charge on any atom is -0.392 e. The molecule has 0 radical (unpaired) electrons. The van der Waals surface area contributed by atoms with Crippen LogP contribution in [0, 0.1) is 20.8 Å². The van der Waals surface area contributed by atoms with Gasteiger partial charge in [0, 0.05) is 28.8 Å². The van der Waals surface area contributed by atoms with Crippen molar-refractivity contribution in [2.24, 2.45) is 0 Å². The van der Waals surface area contributed by atoms with Gasteiger partial charge >= 0.3 is 11.7 Å². The number of pyridine rings is 1. The molecule has 11 aromatic rings. The fourth-order valence-corrected chi connectivity index (χ4v) is 12.2. The quantitative estimate of drug-likeness (QED) is 0.152. The average Bonchev–Trinajstić information content (AvgIpc) is 3.90. The van der Waals surface area contributed by atoms with E-state index in [2.05, 4.69) is 268 Å². The van der Waals surface area contributed by atoms with Crippen molar-refractivity contribution in [3.05, 3.63) is 240 Å². The molecule has 4 nitrogen and oxygen atoms in total. The van der Waals surface area contributed by atoms with E-state index in [1.807, 2.05) is 0 Å². The Labute approximate surface area is 421 Å². The van der Waals surface area contributed by atoms with Crippen LogP contribution >= 0.6 is 0 Å². The van der Waals surface area contributed by atoms with Crippen LogP contribution in [0.2, 0.25) is 0 Å². The summed E-state index contributed by atoms with van der Waals surface area (Å²) in [6.45, 7) is 13.5. The van der Waals surface area contributed by atoms with E-state index in [1.165, 1.54) is 72.3 Å². The Morgan fingerprint density at radius 1 is 0.444 bits per heavy atom. The van der Waals surface area contributed by atoms with E-state index in [0.717, 1.165) is 67.4 Å². The number of imidazole rings is 1. The molecule has 0 N–H and O–H groups in total. The lowest BCUT2D eigenvalue weighted by Gasteiger charge is -2.33. The van der Waals surface area contributed by atoms with Gasteiger partial charge in [0.1, 0.15) is 16.8 Å². The number of hydrogen-bond acceptors (Lipinski definition) is 1. The number of nitrogens with zero attached hydrogens (tertiary/aromatic N) is 3. The zero-order chi connectivity index (χ0) is 48.6. The number of aryl methyl sites for hydroxylation is 3. The second kappa shape index (κ2) is 15.4. The zero-order valence-corrected chi connectivity index (χ0v) is 41.5. The fourth-order valence-electron chi connectivity index (χ4n) is 12.2. The summed E-state index contributed by atoms with van der Waals surface area (Å²) in [6.07, 6.45) is 2.28. The largest absolute Gasteiger partial charge is 0.499 e. The molecule has 1 unspecified atom stereocenters. The third kappa shape index (κ3) is 6.11. The standard InChI is InChI=1S/C68H53N3O/c1-42-35-44(3)65-59(36-42)66-70(62-41-55(49-21-14-9-15-22-49)43(2)37-56(62)50-29-31-53(32-30-50)67(4,5)6)60-24-16-23-54-57-38-52(46-19-12-8-13-20-46)39-58-61-40-51(48-27-25-47(26-28-48)45-17-10-7-11-18-45)33-34-69(61)68(72-65,63(57)58)71(66)64(54)60/h7-41H,1-6H3/q+2. The molecule has 2 aromatic heterocycles. The van der Waals surface area contributed by atoms with Crippen molar-refractivity contribution in [1.82, 2.24) is 4.57 Å². The molecule has 0 saturated carbocycles. The van der Waals surface area contributed by atoms with Crippen LogP contribution in [0.4, 0.5) is 0 Å². The van der Waals surface area contributed by atoms with Crippen molar-refractivity contribution in [3.63, 3.8) is 0 Å². The van der Waals surface area contributed by atoms with Crippen LogP contribution in [0.3, 0.4) is 0 Å². The molecule has 1 atom stereocenters. The number of para-hydroxylation sites is 1. The number of fused-ring (bicyclic) bond motifs is 5. The van der Waals surface area contributed by atoms with E-state index in [-0.39, 0.29) is 5.41 Å². The summed E-state index contributed by atoms with van der Waals surface area (Å²) in [7, 11) is 0. The van der Waals surface area contributed by atoms with Crippen molar-refractivity contribution in [2.45, 2.75) is 52.8 Å². The summed E-state index contributed by atoms with van der Waals surface area (Å²) in [5.74, 6) is 0.877. The third-order valence-electron chi connectivity index (χ3n) is 15.6. The first-order valence-corrected chi connectivity index (χ1v) is 25.2. The normalized spacial score (nSPS) is 14.7. The molecule has 0 fully saturated rings. The smallest absolute Gasteiger partial charge is 0.392 e. The number of rotatable bonds is 6. The van der Waals surface area contributed by atoms with Crippen molar-refractivity contribution in [3.8, 4) is 101 Å². The minimum atomic E-state index is -1.10. The number of aromatic nitrogens is 3. The lowest BCUT2D eigenvalue weighted by molar-refractivity contribution is -0.997. The van der Waals surface area contributed by atoms with Gasteiger partial charge in [0.2, 0.25) is 5.69 Å². The molecule has 344 valence electrons. The Balaban J connectivity index is 1.10. The molecule has 3 aliphatic rings. The van der Waals surface area contributed by atoms with Crippen LogP contribution in [0.1, 0.15) is 48.6 Å². The monoisotopic (exact) mass is 927 g/mol. The van der Waals surface area contributed by atoms with E-state index in [1.54, 1.807) is 0 Å². The zero-order valence-electron chi connectivity index (χ0n) is 41.5. The van der Waals surface area contributed by atoms with Crippen LogP contribution in [0.5, 0.6) is 5.75 Å². The Kier molecular flexibility index (Phi) is 9.07. The van der Waals surface area contributed by atoms with Gasteiger partial charge in [-0.15, -0.1) is 9.13 Å². The second-order valence-electron chi connectivity index (χ2n) is 21.1. The Morgan fingerprint density at radius 2 is 1.04 bits per heavy atom. The Bertz CT molecular complexity index is 4030. The number of ether oxygens (including phenoxy) is 1. The van der Waals surface area contributed by atoms with Gasteiger partial charge in [-0.3, -0.25) is 0 Å². The maximum atomic E-state index is 7.98. The summed E-state index contributed by atoms with van der Waals surface area (Å²) in [4.78, 5) is 0. The molecule has 5 heterocycles. The van der Waals surface area contributed by atoms with E-state index >= 15 is 0 Å². The summed E-state index contributed by atoms with van der Waals surface area (Å²) in [6, 6.07) is 76.5. The van der Waals surface area contributed by atoms with Gasteiger partial charge in [0.05, 0.1) is 5.56 Å². The highest BCUT2D eigenvalue weighted by Gasteiger charge is 2.68. The molecule has 14 rings (SSSR count). The molecule has 1 spiro atoms. The molecule has 0 aliphatic carbocycles. The highest BCUT2D eigenvalue weighted by molar-refractivity contribution is 6.00. The van der Waals surface area contributed by atoms with Gasteiger partial charge in [0.25, 0.3) is 0 Å². The molecule has 9 aromatic carbocycles. The predicted octanol–water partition coefficient (Wildman–Crippen LogP) is 16.0. The van der Waals surface area contributed by atoms with E-state index < -0.39 is 5.85 Å². The average molecular weight is 928 g/mol. The van der Waals surface area contributed by atoms with Gasteiger partial charge in [0.15, 0.2) is 23.0 Å². The van der Waals surface area contributed by atoms with Gasteiger partial charge < -0.3 is 4.74 Å². The maximum Gasteiger partial charge on any atom is 0.499 e. The van der Waals surface area contributed by atoms with Gasteiger partial charge in [-0.25, -0.2) is 0 Å². The first kappa shape index (κ1) is 42.3. The van der Waals surface area contributed by atoms with Crippen LogP contribution in [0.25, 0.3) is 106 Å². The molecule has 3 aliphatic heterocycles. The lowest BCUT2D eigenvalue weighted by atomic mass is 9.85. The highest BCUT2D eigenvalue weighted by Crippen LogP contribution is 2.55. The minimum absolute atomic E-state index is 0.0252. The maximum absolute atomic E-state index is 7.98. The molecule has 4 heteroatoms. The van der Waals surface area contributed by atoms with Crippen molar-refractivity contribution in [1.29, 1.82) is 0 Å². The Morgan fingerprint density at radius 3 is 1.72 bits per heavy atom.